The van der Waals surface area contributed by atoms with Crippen molar-refractivity contribution in [2.75, 3.05) is 23.0 Å². The fraction of sp³-hybridized carbons (Fsp3) is 0.143. The molecule has 0 bridgehead atoms. The molecule has 9 heteroatoms. The maximum Gasteiger partial charge on any atom is 0.275 e. The predicted molar refractivity (Wildman–Crippen MR) is 111 cm³/mol. The van der Waals surface area contributed by atoms with Crippen molar-refractivity contribution in [1.82, 2.24) is 15.0 Å². The van der Waals surface area contributed by atoms with Crippen LogP contribution in [0.2, 0.25) is 0 Å². The Kier molecular flexibility index (Phi) is 6.74. The minimum atomic E-state index is -0.482. The number of ether oxygens (including phenoxy) is 1. The van der Waals surface area contributed by atoms with Gasteiger partial charge in [-0.2, -0.15) is 0 Å². The number of hydrogen-bond acceptors (Lipinski definition) is 7. The first kappa shape index (κ1) is 20.5. The quantitative estimate of drug-likeness (QED) is 0.517. The smallest absolute Gasteiger partial charge is 0.275 e. The van der Waals surface area contributed by atoms with Crippen LogP contribution in [0.1, 0.15) is 23.0 Å². The summed E-state index contributed by atoms with van der Waals surface area (Å²) in [7, 11) is 0. The van der Waals surface area contributed by atoms with Gasteiger partial charge in [0.2, 0.25) is 5.88 Å². The van der Waals surface area contributed by atoms with E-state index >= 15 is 0 Å². The molecule has 152 valence electrons. The van der Waals surface area contributed by atoms with Crippen molar-refractivity contribution in [3.63, 3.8) is 0 Å². The Labute approximate surface area is 172 Å². The minimum Gasteiger partial charge on any atom is -0.463 e. The zero-order valence-electron chi connectivity index (χ0n) is 16.1. The summed E-state index contributed by atoms with van der Waals surface area (Å²) in [6.45, 7) is 2.06. The third kappa shape index (κ3) is 5.42. The zero-order chi connectivity index (χ0) is 21.3. The number of amides is 1. The molecule has 0 saturated carbocycles. The summed E-state index contributed by atoms with van der Waals surface area (Å²) in [5, 5.41) is 5.69. The molecule has 0 aliphatic carbocycles. The minimum absolute atomic E-state index is 0.0936. The number of nitrogens with zero attached hydrogens (tertiary/aromatic N) is 3. The van der Waals surface area contributed by atoms with Crippen LogP contribution in [0.25, 0.3) is 0 Å². The summed E-state index contributed by atoms with van der Waals surface area (Å²) < 4.78 is 19.4. The summed E-state index contributed by atoms with van der Waals surface area (Å²) >= 11 is 0. The lowest BCUT2D eigenvalue weighted by Gasteiger charge is -2.11. The molecule has 0 radical (unpaired) electrons. The maximum atomic E-state index is 14.2. The largest absolute Gasteiger partial charge is 0.463 e. The van der Waals surface area contributed by atoms with Crippen LogP contribution in [-0.4, -0.2) is 27.5 Å². The van der Waals surface area contributed by atoms with Crippen LogP contribution in [0.15, 0.2) is 48.9 Å². The second-order valence-electron chi connectivity index (χ2n) is 6.01. The van der Waals surface area contributed by atoms with Crippen molar-refractivity contribution in [3.05, 3.63) is 66.0 Å². The summed E-state index contributed by atoms with van der Waals surface area (Å²) in [6.07, 6.45) is 4.20. The molecule has 0 aliphatic heterocycles. The standard InChI is InChI=1S/C21H19FN6O2/c1-2-3-9-30-19-13-26-18(12-27-19)21(29)28-15-6-7-16(22)14(10-15)11-25-17-5-4-8-24-20(17)23/h4-8,10,12-13,25H,9,11H2,1H3,(H2,23,24)(H,28,29). The summed E-state index contributed by atoms with van der Waals surface area (Å²) in [4.78, 5) is 24.4. The lowest BCUT2D eigenvalue weighted by molar-refractivity contribution is 0.102. The molecule has 0 spiro atoms. The van der Waals surface area contributed by atoms with Crippen LogP contribution < -0.4 is 21.1 Å². The molecular formula is C21H19FN6O2. The van der Waals surface area contributed by atoms with Crippen LogP contribution in [0, 0.1) is 17.7 Å². The number of nitrogens with two attached hydrogens (primary N) is 1. The summed E-state index contributed by atoms with van der Waals surface area (Å²) in [5.74, 6) is 5.11. The van der Waals surface area contributed by atoms with Gasteiger partial charge in [-0.3, -0.25) is 4.79 Å². The predicted octanol–water partition coefficient (Wildman–Crippen LogP) is 2.86. The number of nitrogens with one attached hydrogen (secondary N) is 2. The molecule has 8 nitrogen and oxygen atoms in total. The van der Waals surface area contributed by atoms with Gasteiger partial charge in [0.1, 0.15) is 17.3 Å². The Balaban J connectivity index is 1.64. The number of halogens is 1. The molecule has 0 aliphatic rings. The average Bonchev–Trinajstić information content (AvgIpc) is 2.75. The van der Waals surface area contributed by atoms with Crippen molar-refractivity contribution in [2.45, 2.75) is 13.5 Å². The molecule has 1 amide bonds. The van der Waals surface area contributed by atoms with Crippen molar-refractivity contribution < 1.29 is 13.9 Å². The van der Waals surface area contributed by atoms with Crippen LogP contribution in [0.4, 0.5) is 21.6 Å². The molecule has 0 atom stereocenters. The van der Waals surface area contributed by atoms with E-state index in [1.165, 1.54) is 30.6 Å². The SMILES string of the molecule is CC#CCOc1cnc(C(=O)Nc2ccc(F)c(CNc3cccnc3N)c2)cn1. The van der Waals surface area contributed by atoms with E-state index in [0.717, 1.165) is 0 Å². The third-order valence-corrected chi connectivity index (χ3v) is 3.94. The molecule has 0 fully saturated rings. The number of rotatable bonds is 7. The number of benzene rings is 1. The van der Waals surface area contributed by atoms with Crippen LogP contribution in [0.3, 0.4) is 0 Å². The van der Waals surface area contributed by atoms with Gasteiger partial charge in [-0.1, -0.05) is 5.92 Å². The van der Waals surface area contributed by atoms with Crippen molar-refractivity contribution in [3.8, 4) is 17.7 Å². The van der Waals surface area contributed by atoms with E-state index in [9.17, 15) is 9.18 Å². The number of carbonyl (C=O) groups excluding carboxylic acids is 1. The fourth-order valence-electron chi connectivity index (χ4n) is 2.43. The number of pyridine rings is 1. The molecule has 0 saturated heterocycles. The Morgan fingerprint density at radius 3 is 2.83 bits per heavy atom. The molecule has 30 heavy (non-hydrogen) atoms. The average molecular weight is 406 g/mol. The summed E-state index contributed by atoms with van der Waals surface area (Å²) in [6, 6.07) is 7.73. The second-order valence-corrected chi connectivity index (χ2v) is 6.01. The van der Waals surface area contributed by atoms with Gasteiger partial charge >= 0.3 is 0 Å². The molecule has 2 heterocycles. The fourth-order valence-corrected chi connectivity index (χ4v) is 2.43. The van der Waals surface area contributed by atoms with E-state index in [1.807, 2.05) is 0 Å². The highest BCUT2D eigenvalue weighted by molar-refractivity contribution is 6.02. The van der Waals surface area contributed by atoms with E-state index in [4.69, 9.17) is 10.5 Å². The Morgan fingerprint density at radius 1 is 1.23 bits per heavy atom. The number of carbonyl (C=O) groups is 1. The van der Waals surface area contributed by atoms with Crippen molar-refractivity contribution in [2.24, 2.45) is 0 Å². The van der Waals surface area contributed by atoms with Crippen molar-refractivity contribution in [1.29, 1.82) is 0 Å². The molecular weight excluding hydrogens is 387 g/mol. The highest BCUT2D eigenvalue weighted by Crippen LogP contribution is 2.19. The first-order chi connectivity index (χ1) is 14.6. The highest BCUT2D eigenvalue weighted by Gasteiger charge is 2.11. The Morgan fingerprint density at radius 2 is 2.10 bits per heavy atom. The zero-order valence-corrected chi connectivity index (χ0v) is 16.1. The molecule has 0 unspecified atom stereocenters. The van der Waals surface area contributed by atoms with Gasteiger partial charge in [0.25, 0.3) is 5.91 Å². The maximum absolute atomic E-state index is 14.2. The van der Waals surface area contributed by atoms with E-state index in [2.05, 4.69) is 37.4 Å². The van der Waals surface area contributed by atoms with E-state index in [0.29, 0.717) is 22.8 Å². The monoisotopic (exact) mass is 406 g/mol. The van der Waals surface area contributed by atoms with Crippen LogP contribution in [-0.2, 0) is 6.54 Å². The van der Waals surface area contributed by atoms with Crippen LogP contribution in [0.5, 0.6) is 5.88 Å². The van der Waals surface area contributed by atoms with Gasteiger partial charge in [0.05, 0.1) is 18.1 Å². The van der Waals surface area contributed by atoms with Gasteiger partial charge in [0.15, 0.2) is 6.61 Å². The Hall–Kier alpha value is -4.19. The van der Waals surface area contributed by atoms with Crippen molar-refractivity contribution >= 4 is 23.1 Å². The van der Waals surface area contributed by atoms with Crippen LogP contribution >= 0.6 is 0 Å². The number of hydrogen-bond donors (Lipinski definition) is 3. The highest BCUT2D eigenvalue weighted by atomic mass is 19.1. The number of aromatic nitrogens is 3. The van der Waals surface area contributed by atoms with Gasteiger partial charge in [-0.25, -0.2) is 19.3 Å². The number of nitrogen functional groups attached to an aromatic ring is 1. The lowest BCUT2D eigenvalue weighted by atomic mass is 10.1. The van der Waals surface area contributed by atoms with Gasteiger partial charge < -0.3 is 21.1 Å². The van der Waals surface area contributed by atoms with E-state index < -0.39 is 11.7 Å². The molecule has 3 rings (SSSR count). The first-order valence-electron chi connectivity index (χ1n) is 8.95. The topological polar surface area (TPSA) is 115 Å². The number of anilines is 3. The van der Waals surface area contributed by atoms with E-state index in [1.54, 1.807) is 25.3 Å². The lowest BCUT2D eigenvalue weighted by Crippen LogP contribution is -2.15. The van der Waals surface area contributed by atoms with Gasteiger partial charge in [-0.05, 0) is 37.3 Å². The molecule has 3 aromatic rings. The first-order valence-corrected chi connectivity index (χ1v) is 8.95. The molecule has 2 aromatic heterocycles. The Bertz CT molecular complexity index is 1090. The van der Waals surface area contributed by atoms with Gasteiger partial charge in [0, 0.05) is 24.0 Å². The third-order valence-electron chi connectivity index (χ3n) is 3.94. The summed E-state index contributed by atoms with van der Waals surface area (Å²) in [5.41, 5.74) is 7.22. The molecule has 4 N–H and O–H groups in total. The van der Waals surface area contributed by atoms with Gasteiger partial charge in [-0.15, -0.1) is 5.92 Å². The normalized spacial score (nSPS) is 9.93. The van der Waals surface area contributed by atoms with E-state index in [-0.39, 0.29) is 24.7 Å². The second kappa shape index (κ2) is 9.84. The molecule has 1 aromatic carbocycles.